The normalized spacial score (nSPS) is 14.4. The summed E-state index contributed by atoms with van der Waals surface area (Å²) in [6.45, 7) is 4.11. The fourth-order valence-corrected chi connectivity index (χ4v) is 3.21. The molecule has 2 aromatic rings. The first-order valence-corrected chi connectivity index (χ1v) is 9.05. The zero-order valence-electron chi connectivity index (χ0n) is 15.5. The van der Waals surface area contributed by atoms with Gasteiger partial charge in [0.15, 0.2) is 11.6 Å². The number of halogens is 2. The minimum atomic E-state index is -0.734. The molecule has 0 spiro atoms. The van der Waals surface area contributed by atoms with Gasteiger partial charge in [-0.15, -0.1) is 0 Å². The summed E-state index contributed by atoms with van der Waals surface area (Å²) in [5.74, 6) is -1.20. The van der Waals surface area contributed by atoms with E-state index in [2.05, 4.69) is 4.98 Å². The Morgan fingerprint density at radius 2 is 1.86 bits per heavy atom. The Labute approximate surface area is 162 Å². The highest BCUT2D eigenvalue weighted by atomic mass is 19.1. The third kappa shape index (κ3) is 4.19. The van der Waals surface area contributed by atoms with E-state index in [1.54, 1.807) is 30.0 Å². The molecule has 0 atom stereocenters. The van der Waals surface area contributed by atoms with Gasteiger partial charge in [0.25, 0.3) is 0 Å². The fraction of sp³-hybridized carbons (Fsp3) is 0.350. The van der Waals surface area contributed by atoms with Crippen LogP contribution in [0.4, 0.5) is 20.3 Å². The van der Waals surface area contributed by atoms with E-state index in [0.29, 0.717) is 50.6 Å². The minimum absolute atomic E-state index is 0.0407. The monoisotopic (exact) mass is 386 g/mol. The smallest absolute Gasteiger partial charge is 0.339 e. The van der Waals surface area contributed by atoms with Crippen LogP contribution in [0.25, 0.3) is 0 Å². The predicted molar refractivity (Wildman–Crippen MR) is 100 cm³/mol. The molecule has 146 valence electrons. The van der Waals surface area contributed by atoms with Crippen molar-refractivity contribution >= 4 is 17.5 Å². The molecule has 0 unspecified atom stereocenters. The summed E-state index contributed by atoms with van der Waals surface area (Å²) in [5.41, 5.74) is 0.233. The van der Waals surface area contributed by atoms with Crippen molar-refractivity contribution in [3.8, 4) is 6.07 Å². The van der Waals surface area contributed by atoms with E-state index >= 15 is 0 Å². The molecule has 6 nitrogen and oxygen atoms in total. The molecule has 2 heterocycles. The third-order valence-electron chi connectivity index (χ3n) is 4.54. The lowest BCUT2D eigenvalue weighted by atomic mass is 10.2. The molecule has 1 saturated heterocycles. The number of aromatic nitrogens is 1. The molecule has 0 radical (unpaired) electrons. The number of carbonyl (C=O) groups is 1. The van der Waals surface area contributed by atoms with E-state index in [0.717, 1.165) is 12.1 Å². The van der Waals surface area contributed by atoms with Crippen LogP contribution in [0, 0.1) is 23.0 Å². The zero-order chi connectivity index (χ0) is 20.1. The van der Waals surface area contributed by atoms with Crippen LogP contribution in [0.5, 0.6) is 0 Å². The second kappa shape index (κ2) is 8.65. The summed E-state index contributed by atoms with van der Waals surface area (Å²) in [6, 6.07) is 7.25. The van der Waals surface area contributed by atoms with Gasteiger partial charge in [0.2, 0.25) is 0 Å². The molecule has 0 N–H and O–H groups in total. The SMILES string of the molecule is CCOC(=O)c1ccc(N2CCCN(c3c(F)cc(C#N)cc3F)CC2)nc1. The van der Waals surface area contributed by atoms with Gasteiger partial charge in [-0.25, -0.2) is 18.6 Å². The molecule has 1 aromatic carbocycles. The second-order valence-corrected chi connectivity index (χ2v) is 6.35. The van der Waals surface area contributed by atoms with E-state index in [1.165, 1.54) is 6.20 Å². The highest BCUT2D eigenvalue weighted by Crippen LogP contribution is 2.26. The van der Waals surface area contributed by atoms with Crippen LogP contribution in [0.15, 0.2) is 30.5 Å². The number of hydrogen-bond donors (Lipinski definition) is 0. The standard InChI is InChI=1S/C20H20F2N4O2/c1-2-28-20(27)15-4-5-18(24-13-15)25-6-3-7-26(9-8-25)19-16(21)10-14(12-23)11-17(19)22/h4-5,10-11,13H,2-3,6-9H2,1H3. The lowest BCUT2D eigenvalue weighted by Gasteiger charge is -2.25. The summed E-state index contributed by atoms with van der Waals surface area (Å²) < 4.78 is 33.6. The maximum absolute atomic E-state index is 14.3. The molecule has 0 aliphatic carbocycles. The van der Waals surface area contributed by atoms with E-state index in [9.17, 15) is 13.6 Å². The largest absolute Gasteiger partial charge is 0.462 e. The van der Waals surface area contributed by atoms with Gasteiger partial charge >= 0.3 is 5.97 Å². The topological polar surface area (TPSA) is 69.5 Å². The van der Waals surface area contributed by atoms with Crippen LogP contribution >= 0.6 is 0 Å². The van der Waals surface area contributed by atoms with Gasteiger partial charge in [0, 0.05) is 32.4 Å². The number of ether oxygens (including phenoxy) is 1. The van der Waals surface area contributed by atoms with Crippen LogP contribution in [0.3, 0.4) is 0 Å². The predicted octanol–water partition coefficient (Wildman–Crippen LogP) is 3.12. The summed E-state index contributed by atoms with van der Waals surface area (Å²) >= 11 is 0. The average Bonchev–Trinajstić information content (AvgIpc) is 2.94. The van der Waals surface area contributed by atoms with Gasteiger partial charge in [0.05, 0.1) is 23.8 Å². The van der Waals surface area contributed by atoms with Crippen molar-refractivity contribution in [2.24, 2.45) is 0 Å². The first-order chi connectivity index (χ1) is 13.5. The molecule has 1 aromatic heterocycles. The van der Waals surface area contributed by atoms with Crippen molar-refractivity contribution < 1.29 is 18.3 Å². The highest BCUT2D eigenvalue weighted by Gasteiger charge is 2.22. The van der Waals surface area contributed by atoms with Gasteiger partial charge in [-0.2, -0.15) is 5.26 Å². The number of benzene rings is 1. The van der Waals surface area contributed by atoms with E-state index < -0.39 is 17.6 Å². The number of rotatable bonds is 4. The minimum Gasteiger partial charge on any atom is -0.462 e. The molecule has 28 heavy (non-hydrogen) atoms. The Balaban J connectivity index is 1.72. The number of nitriles is 1. The molecular formula is C20H20F2N4O2. The molecule has 1 fully saturated rings. The number of hydrogen-bond acceptors (Lipinski definition) is 6. The molecule has 1 aliphatic rings. The van der Waals surface area contributed by atoms with Gasteiger partial charge < -0.3 is 14.5 Å². The van der Waals surface area contributed by atoms with Gasteiger partial charge in [-0.3, -0.25) is 0 Å². The van der Waals surface area contributed by atoms with E-state index in [-0.39, 0.29) is 11.3 Å². The first kappa shape index (κ1) is 19.5. The summed E-state index contributed by atoms with van der Waals surface area (Å²) in [5, 5.41) is 8.84. The molecule has 1 aliphatic heterocycles. The van der Waals surface area contributed by atoms with Crippen molar-refractivity contribution in [1.82, 2.24) is 4.98 Å². The maximum atomic E-state index is 14.3. The number of carbonyl (C=O) groups excluding carboxylic acids is 1. The van der Waals surface area contributed by atoms with Gasteiger partial charge in [0.1, 0.15) is 11.5 Å². The van der Waals surface area contributed by atoms with Crippen LogP contribution in [0.1, 0.15) is 29.3 Å². The Morgan fingerprint density at radius 3 is 2.46 bits per heavy atom. The molecule has 0 bridgehead atoms. The van der Waals surface area contributed by atoms with Crippen molar-refractivity contribution in [3.63, 3.8) is 0 Å². The Morgan fingerprint density at radius 1 is 1.18 bits per heavy atom. The third-order valence-corrected chi connectivity index (χ3v) is 4.54. The molecular weight excluding hydrogens is 366 g/mol. The summed E-state index contributed by atoms with van der Waals surface area (Å²) in [7, 11) is 0. The van der Waals surface area contributed by atoms with Crippen molar-refractivity contribution in [2.75, 3.05) is 42.6 Å². The number of pyridine rings is 1. The Bertz CT molecular complexity index is 873. The fourth-order valence-electron chi connectivity index (χ4n) is 3.21. The summed E-state index contributed by atoms with van der Waals surface area (Å²) in [6.07, 6.45) is 2.15. The van der Waals surface area contributed by atoms with E-state index in [1.807, 2.05) is 4.90 Å². The molecule has 8 heteroatoms. The maximum Gasteiger partial charge on any atom is 0.339 e. The molecule has 0 saturated carbocycles. The van der Waals surface area contributed by atoms with Crippen LogP contribution < -0.4 is 9.80 Å². The summed E-state index contributed by atoms with van der Waals surface area (Å²) in [4.78, 5) is 19.7. The Hall–Kier alpha value is -3.21. The zero-order valence-corrected chi connectivity index (χ0v) is 15.5. The van der Waals surface area contributed by atoms with Crippen LogP contribution in [0.2, 0.25) is 0 Å². The number of nitrogens with zero attached hydrogens (tertiary/aromatic N) is 4. The average molecular weight is 386 g/mol. The van der Waals surface area contributed by atoms with Crippen molar-refractivity contribution in [1.29, 1.82) is 5.26 Å². The van der Waals surface area contributed by atoms with Crippen LogP contribution in [-0.4, -0.2) is 43.7 Å². The van der Waals surface area contributed by atoms with Gasteiger partial charge in [-0.05, 0) is 37.6 Å². The lowest BCUT2D eigenvalue weighted by molar-refractivity contribution is 0.0526. The lowest BCUT2D eigenvalue weighted by Crippen LogP contribution is -2.32. The number of anilines is 2. The second-order valence-electron chi connectivity index (χ2n) is 6.35. The van der Waals surface area contributed by atoms with Gasteiger partial charge in [-0.1, -0.05) is 0 Å². The molecule has 3 rings (SSSR count). The number of esters is 1. The van der Waals surface area contributed by atoms with E-state index in [4.69, 9.17) is 10.00 Å². The van der Waals surface area contributed by atoms with Crippen molar-refractivity contribution in [3.05, 3.63) is 53.2 Å². The van der Waals surface area contributed by atoms with Crippen LogP contribution in [-0.2, 0) is 4.74 Å². The highest BCUT2D eigenvalue weighted by molar-refractivity contribution is 5.89. The first-order valence-electron chi connectivity index (χ1n) is 9.05. The Kier molecular flexibility index (Phi) is 6.04. The quantitative estimate of drug-likeness (QED) is 0.752. The molecule has 0 amide bonds. The van der Waals surface area contributed by atoms with Crippen molar-refractivity contribution in [2.45, 2.75) is 13.3 Å².